The zero-order valence-electron chi connectivity index (χ0n) is 9.26. The predicted octanol–water partition coefficient (Wildman–Crippen LogP) is 1.86. The fourth-order valence-electron chi connectivity index (χ4n) is 2.30. The van der Waals surface area contributed by atoms with E-state index < -0.39 is 11.6 Å². The molecule has 2 aromatic rings. The number of hydrogen-bond donors (Lipinski definition) is 2. The molecule has 0 unspecified atom stereocenters. The molecule has 3 rings (SSSR count). The van der Waals surface area contributed by atoms with Crippen LogP contribution in [0.5, 0.6) is 0 Å². The van der Waals surface area contributed by atoms with Crippen LogP contribution in [0.3, 0.4) is 0 Å². The Morgan fingerprint density at radius 1 is 1.18 bits per heavy atom. The summed E-state index contributed by atoms with van der Waals surface area (Å²) < 4.78 is 27.1. The van der Waals surface area contributed by atoms with Gasteiger partial charge in [-0.2, -0.15) is 0 Å². The van der Waals surface area contributed by atoms with E-state index in [1.807, 2.05) is 0 Å². The zero-order valence-corrected chi connectivity index (χ0v) is 9.26. The van der Waals surface area contributed by atoms with E-state index in [1.165, 1.54) is 6.07 Å². The van der Waals surface area contributed by atoms with E-state index in [0.29, 0.717) is 10.9 Å². The molecule has 0 bridgehead atoms. The number of fused-ring (bicyclic) bond motifs is 1. The summed E-state index contributed by atoms with van der Waals surface area (Å²) in [5.74, 6) is -1.56. The first-order chi connectivity index (χ1) is 8.27. The topological polar surface area (TPSA) is 31.1 Å². The normalized spacial score (nSPS) is 16.7. The van der Waals surface area contributed by atoms with E-state index in [-0.39, 0.29) is 0 Å². The Morgan fingerprint density at radius 2 is 1.94 bits per heavy atom. The van der Waals surface area contributed by atoms with E-state index in [9.17, 15) is 8.78 Å². The van der Waals surface area contributed by atoms with E-state index in [0.717, 1.165) is 31.9 Å². The third-order valence-electron chi connectivity index (χ3n) is 3.17. The molecule has 0 radical (unpaired) electrons. The van der Waals surface area contributed by atoms with Crippen LogP contribution in [0.25, 0.3) is 10.9 Å². The number of rotatable bonds is 1. The highest BCUT2D eigenvalue weighted by Gasteiger charge is 2.18. The number of H-pyrrole nitrogens is 1. The number of halogens is 2. The summed E-state index contributed by atoms with van der Waals surface area (Å²) in [4.78, 5) is 5.05. The number of piperazine rings is 1. The van der Waals surface area contributed by atoms with Crippen LogP contribution in [-0.2, 0) is 0 Å². The van der Waals surface area contributed by atoms with E-state index in [1.54, 1.807) is 12.3 Å². The molecular formula is C12H13F2N3. The highest BCUT2D eigenvalue weighted by molar-refractivity contribution is 5.92. The Hall–Kier alpha value is -1.62. The molecule has 1 aromatic heterocycles. The van der Waals surface area contributed by atoms with Crippen molar-refractivity contribution in [3.8, 4) is 0 Å². The lowest BCUT2D eigenvalue weighted by molar-refractivity contribution is 0.515. The van der Waals surface area contributed by atoms with Crippen molar-refractivity contribution in [2.24, 2.45) is 0 Å². The van der Waals surface area contributed by atoms with Gasteiger partial charge in [-0.25, -0.2) is 8.78 Å². The second-order valence-corrected chi connectivity index (χ2v) is 4.19. The maximum Gasteiger partial charge on any atom is 0.168 e. The Balaban J connectivity index is 2.14. The van der Waals surface area contributed by atoms with Gasteiger partial charge in [0.25, 0.3) is 0 Å². The molecule has 1 saturated heterocycles. The lowest BCUT2D eigenvalue weighted by Crippen LogP contribution is -2.43. The van der Waals surface area contributed by atoms with Gasteiger partial charge >= 0.3 is 0 Å². The van der Waals surface area contributed by atoms with Gasteiger partial charge in [0.05, 0.1) is 11.2 Å². The van der Waals surface area contributed by atoms with Crippen molar-refractivity contribution < 1.29 is 8.78 Å². The molecule has 0 amide bonds. The van der Waals surface area contributed by atoms with Crippen LogP contribution >= 0.6 is 0 Å². The van der Waals surface area contributed by atoms with Gasteiger partial charge in [-0.15, -0.1) is 0 Å². The lowest BCUT2D eigenvalue weighted by atomic mass is 10.1. The second kappa shape index (κ2) is 4.00. The smallest absolute Gasteiger partial charge is 0.168 e. The van der Waals surface area contributed by atoms with Gasteiger partial charge in [0.2, 0.25) is 0 Å². The van der Waals surface area contributed by atoms with Crippen LogP contribution in [0.4, 0.5) is 14.5 Å². The molecule has 0 aliphatic carbocycles. The maximum absolute atomic E-state index is 13.6. The molecule has 5 heteroatoms. The van der Waals surface area contributed by atoms with Gasteiger partial charge in [-0.05, 0) is 6.07 Å². The quantitative estimate of drug-likeness (QED) is 0.793. The minimum atomic E-state index is -0.786. The Bertz CT molecular complexity index is 544. The molecule has 2 heterocycles. The van der Waals surface area contributed by atoms with E-state index in [2.05, 4.69) is 15.2 Å². The van der Waals surface area contributed by atoms with Gasteiger partial charge in [0, 0.05) is 43.8 Å². The van der Waals surface area contributed by atoms with Crippen LogP contribution in [-0.4, -0.2) is 31.2 Å². The summed E-state index contributed by atoms with van der Waals surface area (Å²) in [5, 5.41) is 3.55. The number of anilines is 1. The summed E-state index contributed by atoms with van der Waals surface area (Å²) in [6.45, 7) is 3.33. The van der Waals surface area contributed by atoms with Gasteiger partial charge in [0.15, 0.2) is 11.6 Å². The van der Waals surface area contributed by atoms with Gasteiger partial charge in [-0.3, -0.25) is 0 Å². The van der Waals surface area contributed by atoms with Gasteiger partial charge < -0.3 is 15.2 Å². The second-order valence-electron chi connectivity index (χ2n) is 4.19. The average molecular weight is 237 g/mol. The van der Waals surface area contributed by atoms with Crippen LogP contribution in [0.15, 0.2) is 18.3 Å². The molecule has 90 valence electrons. The fourth-order valence-corrected chi connectivity index (χ4v) is 2.30. The number of aromatic nitrogens is 1. The third kappa shape index (κ3) is 1.67. The Morgan fingerprint density at radius 3 is 2.71 bits per heavy atom. The van der Waals surface area contributed by atoms with Crippen LogP contribution in [0.2, 0.25) is 0 Å². The molecule has 3 nitrogen and oxygen atoms in total. The van der Waals surface area contributed by atoms with Gasteiger partial charge in [-0.1, -0.05) is 0 Å². The molecule has 0 spiro atoms. The van der Waals surface area contributed by atoms with Crippen molar-refractivity contribution in [3.05, 3.63) is 30.0 Å². The van der Waals surface area contributed by atoms with E-state index in [4.69, 9.17) is 0 Å². The highest BCUT2D eigenvalue weighted by atomic mass is 19.2. The minimum absolute atomic E-state index is 0.318. The first-order valence-electron chi connectivity index (χ1n) is 5.68. The molecule has 1 fully saturated rings. The first-order valence-corrected chi connectivity index (χ1v) is 5.68. The monoisotopic (exact) mass is 237 g/mol. The molecule has 17 heavy (non-hydrogen) atoms. The number of benzene rings is 1. The van der Waals surface area contributed by atoms with Crippen molar-refractivity contribution in [3.63, 3.8) is 0 Å². The molecule has 0 saturated carbocycles. The van der Waals surface area contributed by atoms with Crippen molar-refractivity contribution in [1.82, 2.24) is 10.3 Å². The molecule has 0 atom stereocenters. The minimum Gasteiger partial charge on any atom is -0.367 e. The largest absolute Gasteiger partial charge is 0.367 e. The molecule has 1 aliphatic heterocycles. The SMILES string of the molecule is Fc1cc(N2CCNCC2)c2[nH]ccc2c1F. The lowest BCUT2D eigenvalue weighted by Gasteiger charge is -2.30. The summed E-state index contributed by atoms with van der Waals surface area (Å²) in [7, 11) is 0. The maximum atomic E-state index is 13.6. The van der Waals surface area contributed by atoms with Crippen molar-refractivity contribution in [1.29, 1.82) is 0 Å². The molecule has 1 aliphatic rings. The average Bonchev–Trinajstić information content (AvgIpc) is 2.84. The van der Waals surface area contributed by atoms with Gasteiger partial charge in [0.1, 0.15) is 0 Å². The Labute approximate surface area is 97.4 Å². The van der Waals surface area contributed by atoms with Crippen molar-refractivity contribution in [2.75, 3.05) is 31.1 Å². The summed E-state index contributed by atoms with van der Waals surface area (Å²) in [6, 6.07) is 2.85. The van der Waals surface area contributed by atoms with Crippen molar-refractivity contribution >= 4 is 16.6 Å². The van der Waals surface area contributed by atoms with Crippen LogP contribution in [0, 0.1) is 11.6 Å². The van der Waals surface area contributed by atoms with E-state index >= 15 is 0 Å². The predicted molar refractivity (Wildman–Crippen MR) is 63.3 cm³/mol. The molecule has 2 N–H and O–H groups in total. The molecular weight excluding hydrogens is 224 g/mol. The van der Waals surface area contributed by atoms with Crippen LogP contribution in [0.1, 0.15) is 0 Å². The number of nitrogens with one attached hydrogen (secondary N) is 2. The first kappa shape index (κ1) is 10.5. The highest BCUT2D eigenvalue weighted by Crippen LogP contribution is 2.30. The standard InChI is InChI=1S/C12H13F2N3/c13-9-7-10(17-5-3-15-4-6-17)12-8(11(9)14)1-2-16-12/h1-2,7,15-16H,3-6H2. The third-order valence-corrected chi connectivity index (χ3v) is 3.17. The van der Waals surface area contributed by atoms with Crippen LogP contribution < -0.4 is 10.2 Å². The number of nitrogens with zero attached hydrogens (tertiary/aromatic N) is 1. The fraction of sp³-hybridized carbons (Fsp3) is 0.333. The Kier molecular flexibility index (Phi) is 2.48. The summed E-state index contributed by atoms with van der Waals surface area (Å²) >= 11 is 0. The summed E-state index contributed by atoms with van der Waals surface area (Å²) in [6.07, 6.45) is 1.64. The number of hydrogen-bond acceptors (Lipinski definition) is 2. The zero-order chi connectivity index (χ0) is 11.8. The molecule has 1 aromatic carbocycles. The number of aromatic amines is 1. The summed E-state index contributed by atoms with van der Waals surface area (Å²) in [5.41, 5.74) is 1.41. The van der Waals surface area contributed by atoms with Crippen molar-refractivity contribution in [2.45, 2.75) is 0 Å².